The fraction of sp³-hybridized carbons (Fsp3) is 0.700. The highest BCUT2D eigenvalue weighted by atomic mass is 16.2. The zero-order chi connectivity index (χ0) is 18.9. The Morgan fingerprint density at radius 3 is 2.41 bits per heavy atom. The molecule has 1 saturated carbocycles. The number of hydrogen-bond acceptors (Lipinski definition) is 5. The topological polar surface area (TPSA) is 78.4 Å². The van der Waals surface area contributed by atoms with Gasteiger partial charge >= 0.3 is 6.03 Å². The fourth-order valence-corrected chi connectivity index (χ4v) is 4.90. The molecule has 2 saturated heterocycles. The van der Waals surface area contributed by atoms with Crippen LogP contribution in [0.2, 0.25) is 0 Å². The van der Waals surface area contributed by atoms with Crippen molar-refractivity contribution in [2.75, 3.05) is 19.6 Å². The Hall–Kier alpha value is -2.02. The Labute approximate surface area is 160 Å². The molecule has 3 amide bonds. The Morgan fingerprint density at radius 2 is 1.78 bits per heavy atom. The van der Waals surface area contributed by atoms with Crippen LogP contribution in [-0.4, -0.2) is 56.9 Å². The largest absolute Gasteiger partial charge is 0.325 e. The van der Waals surface area contributed by atoms with E-state index in [9.17, 15) is 9.59 Å². The van der Waals surface area contributed by atoms with Crippen molar-refractivity contribution in [3.8, 4) is 0 Å². The number of carbonyl (C=O) groups is 2. The van der Waals surface area contributed by atoms with Gasteiger partial charge in [0.1, 0.15) is 11.4 Å². The number of imide groups is 1. The van der Waals surface area contributed by atoms with E-state index < -0.39 is 5.54 Å². The maximum atomic E-state index is 12.4. The molecule has 1 aromatic heterocycles. The lowest BCUT2D eigenvalue weighted by molar-refractivity contribution is -0.129. The lowest BCUT2D eigenvalue weighted by Gasteiger charge is -2.41. The summed E-state index contributed by atoms with van der Waals surface area (Å²) in [5, 5.41) is 2.49. The van der Waals surface area contributed by atoms with Crippen molar-refractivity contribution in [3.05, 3.63) is 23.8 Å². The number of likely N-dealkylation sites (N-methyl/N-ethyl adjacent to an activating group) is 1. The minimum Gasteiger partial charge on any atom is -0.310 e. The molecule has 0 unspecified atom stereocenters. The normalized spacial score (nSPS) is 23.8. The van der Waals surface area contributed by atoms with E-state index in [1.54, 1.807) is 4.90 Å². The van der Waals surface area contributed by atoms with E-state index >= 15 is 0 Å². The minimum absolute atomic E-state index is 0.130. The molecule has 7 nitrogen and oxygen atoms in total. The van der Waals surface area contributed by atoms with E-state index in [0.29, 0.717) is 25.3 Å². The summed E-state index contributed by atoms with van der Waals surface area (Å²) in [6.45, 7) is 4.87. The van der Waals surface area contributed by atoms with Crippen LogP contribution in [0.4, 0.5) is 4.79 Å². The zero-order valence-corrected chi connectivity index (χ0v) is 16.1. The standard InChI is InChI=1S/C20H29N5O2/c1-2-25-19(27)23-18(26)20(25)8-10-24(11-9-20)14-15-12-21-17(22-13-15)16-6-4-3-5-7-16/h12-13,16H,2-11,14H2,1H3,(H,23,26,27). The lowest BCUT2D eigenvalue weighted by Crippen LogP contribution is -2.56. The molecular formula is C20H29N5O2. The first kappa shape index (κ1) is 18.3. The maximum absolute atomic E-state index is 12.4. The van der Waals surface area contributed by atoms with Gasteiger partial charge in [0.15, 0.2) is 0 Å². The van der Waals surface area contributed by atoms with Crippen molar-refractivity contribution in [2.24, 2.45) is 0 Å². The molecule has 146 valence electrons. The molecule has 0 bridgehead atoms. The van der Waals surface area contributed by atoms with E-state index in [1.807, 2.05) is 19.3 Å². The molecule has 1 spiro atoms. The molecule has 0 atom stereocenters. The van der Waals surface area contributed by atoms with Gasteiger partial charge in [-0.1, -0.05) is 19.3 Å². The molecule has 3 fully saturated rings. The fourth-order valence-electron chi connectivity index (χ4n) is 4.90. The van der Waals surface area contributed by atoms with Crippen molar-refractivity contribution in [1.82, 2.24) is 25.1 Å². The van der Waals surface area contributed by atoms with Crippen LogP contribution < -0.4 is 5.32 Å². The van der Waals surface area contributed by atoms with Crippen molar-refractivity contribution < 1.29 is 9.59 Å². The van der Waals surface area contributed by atoms with Gasteiger partial charge in [0.25, 0.3) is 5.91 Å². The number of aromatic nitrogens is 2. The number of likely N-dealkylation sites (tertiary alicyclic amines) is 1. The SMILES string of the molecule is CCN1C(=O)NC(=O)C12CCN(Cc1cnc(C3CCCCC3)nc1)CC2. The van der Waals surface area contributed by atoms with E-state index in [4.69, 9.17) is 0 Å². The molecule has 27 heavy (non-hydrogen) atoms. The molecule has 7 heteroatoms. The van der Waals surface area contributed by atoms with E-state index in [-0.39, 0.29) is 11.9 Å². The van der Waals surface area contributed by atoms with Crippen LogP contribution in [-0.2, 0) is 11.3 Å². The number of nitrogens with zero attached hydrogens (tertiary/aromatic N) is 4. The third kappa shape index (κ3) is 3.45. The van der Waals surface area contributed by atoms with Crippen LogP contribution in [0.5, 0.6) is 0 Å². The third-order valence-corrected chi connectivity index (χ3v) is 6.51. The second-order valence-electron chi connectivity index (χ2n) is 8.10. The second kappa shape index (κ2) is 7.54. The summed E-state index contributed by atoms with van der Waals surface area (Å²) in [5.74, 6) is 1.39. The van der Waals surface area contributed by atoms with Crippen LogP contribution in [0.25, 0.3) is 0 Å². The van der Waals surface area contributed by atoms with Crippen molar-refractivity contribution >= 4 is 11.9 Å². The molecule has 3 aliphatic rings. The molecule has 1 aliphatic carbocycles. The number of rotatable bonds is 4. The number of carbonyl (C=O) groups excluding carboxylic acids is 2. The first-order valence-electron chi connectivity index (χ1n) is 10.3. The Balaban J connectivity index is 1.35. The highest BCUT2D eigenvalue weighted by Crippen LogP contribution is 2.34. The highest BCUT2D eigenvalue weighted by Gasteiger charge is 2.53. The zero-order valence-electron chi connectivity index (χ0n) is 16.1. The summed E-state index contributed by atoms with van der Waals surface area (Å²) >= 11 is 0. The van der Waals surface area contributed by atoms with Gasteiger partial charge < -0.3 is 4.90 Å². The van der Waals surface area contributed by atoms with Gasteiger partial charge in [-0.05, 0) is 32.6 Å². The molecule has 0 aromatic carbocycles. The summed E-state index contributed by atoms with van der Waals surface area (Å²) in [6, 6.07) is -0.248. The quantitative estimate of drug-likeness (QED) is 0.823. The van der Waals surface area contributed by atoms with Crippen LogP contribution in [0.3, 0.4) is 0 Å². The van der Waals surface area contributed by atoms with Gasteiger partial charge in [0.05, 0.1) is 0 Å². The number of nitrogens with one attached hydrogen (secondary N) is 1. The molecule has 0 radical (unpaired) electrons. The van der Waals surface area contributed by atoms with E-state index in [2.05, 4.69) is 20.2 Å². The van der Waals surface area contributed by atoms with Crippen LogP contribution in [0.15, 0.2) is 12.4 Å². The van der Waals surface area contributed by atoms with Crippen LogP contribution in [0, 0.1) is 0 Å². The monoisotopic (exact) mass is 371 g/mol. The number of piperidine rings is 1. The maximum Gasteiger partial charge on any atom is 0.325 e. The van der Waals surface area contributed by atoms with Crippen molar-refractivity contribution in [1.29, 1.82) is 0 Å². The highest BCUT2D eigenvalue weighted by molar-refractivity contribution is 6.07. The van der Waals surface area contributed by atoms with Gasteiger partial charge in [-0.25, -0.2) is 14.8 Å². The summed E-state index contributed by atoms with van der Waals surface area (Å²) in [7, 11) is 0. The molecule has 1 N–H and O–H groups in total. The smallest absolute Gasteiger partial charge is 0.310 e. The van der Waals surface area contributed by atoms with Gasteiger partial charge in [0.2, 0.25) is 0 Å². The van der Waals surface area contributed by atoms with Crippen molar-refractivity contribution in [2.45, 2.75) is 69.9 Å². The average Bonchev–Trinajstić information content (AvgIpc) is 2.94. The Bertz CT molecular complexity index is 691. The predicted molar refractivity (Wildman–Crippen MR) is 101 cm³/mol. The molecule has 2 aliphatic heterocycles. The summed E-state index contributed by atoms with van der Waals surface area (Å²) < 4.78 is 0. The predicted octanol–water partition coefficient (Wildman–Crippen LogP) is 2.43. The van der Waals surface area contributed by atoms with Gasteiger partial charge in [-0.15, -0.1) is 0 Å². The first-order valence-corrected chi connectivity index (χ1v) is 10.3. The lowest BCUT2D eigenvalue weighted by atomic mass is 9.86. The van der Waals surface area contributed by atoms with E-state index in [1.165, 1.54) is 32.1 Å². The van der Waals surface area contributed by atoms with Crippen LogP contribution >= 0.6 is 0 Å². The van der Waals surface area contributed by atoms with Crippen LogP contribution in [0.1, 0.15) is 69.2 Å². The number of amides is 3. The molecular weight excluding hydrogens is 342 g/mol. The van der Waals surface area contributed by atoms with Gasteiger partial charge in [-0.3, -0.25) is 15.0 Å². The van der Waals surface area contributed by atoms with Gasteiger partial charge in [0, 0.05) is 50.1 Å². The summed E-state index contributed by atoms with van der Waals surface area (Å²) in [6.07, 6.45) is 11.6. The molecule has 4 rings (SSSR count). The molecule has 3 heterocycles. The first-order chi connectivity index (χ1) is 13.1. The summed E-state index contributed by atoms with van der Waals surface area (Å²) in [5.41, 5.74) is 0.466. The number of hydrogen-bond donors (Lipinski definition) is 1. The van der Waals surface area contributed by atoms with E-state index in [0.717, 1.165) is 31.0 Å². The second-order valence-corrected chi connectivity index (χ2v) is 8.10. The number of urea groups is 1. The minimum atomic E-state index is -0.649. The summed E-state index contributed by atoms with van der Waals surface area (Å²) in [4.78, 5) is 37.7. The average molecular weight is 371 g/mol. The Morgan fingerprint density at radius 1 is 1.11 bits per heavy atom. The van der Waals surface area contributed by atoms with Crippen molar-refractivity contribution in [3.63, 3.8) is 0 Å². The molecule has 1 aromatic rings. The Kier molecular flexibility index (Phi) is 5.12. The third-order valence-electron chi connectivity index (χ3n) is 6.51. The van der Waals surface area contributed by atoms with Gasteiger partial charge in [-0.2, -0.15) is 0 Å².